The van der Waals surface area contributed by atoms with Crippen LogP contribution in [0.2, 0.25) is 0 Å². The van der Waals surface area contributed by atoms with Gasteiger partial charge in [0.1, 0.15) is 12.1 Å². The number of hydrogen-bond acceptors (Lipinski definition) is 6. The summed E-state index contributed by atoms with van der Waals surface area (Å²) in [5.74, 6) is 0.783. The Morgan fingerprint density at radius 3 is 2.73 bits per heavy atom. The molecule has 0 aliphatic rings. The lowest BCUT2D eigenvalue weighted by molar-refractivity contribution is -0.124. The molecule has 0 saturated heterocycles. The standard InChI is InChI=1S/C18H22N6O2/c1-12(21-17(25)16(19-2)14-10-20-24(3)11-14)18-22-15(23-26-18)9-13-7-5-4-6-8-13/h4-8,10-12,16,19H,9H2,1-3H3,(H,21,25). The lowest BCUT2D eigenvalue weighted by atomic mass is 10.1. The van der Waals surface area contributed by atoms with Gasteiger partial charge in [-0.25, -0.2) is 0 Å². The molecular formula is C18H22N6O2. The van der Waals surface area contributed by atoms with E-state index in [0.29, 0.717) is 18.1 Å². The number of aryl methyl sites for hydroxylation is 1. The zero-order valence-electron chi connectivity index (χ0n) is 15.0. The first-order valence-electron chi connectivity index (χ1n) is 8.39. The number of nitrogens with zero attached hydrogens (tertiary/aromatic N) is 4. The summed E-state index contributed by atoms with van der Waals surface area (Å²) in [4.78, 5) is 17.0. The molecule has 136 valence electrons. The molecule has 2 atom stereocenters. The number of amides is 1. The molecule has 0 aliphatic carbocycles. The molecule has 3 aromatic rings. The summed E-state index contributed by atoms with van der Waals surface area (Å²) in [6.45, 7) is 1.81. The molecular weight excluding hydrogens is 332 g/mol. The number of nitrogens with one attached hydrogen (secondary N) is 2. The lowest BCUT2D eigenvalue weighted by Gasteiger charge is -2.16. The van der Waals surface area contributed by atoms with Crippen LogP contribution in [0.15, 0.2) is 47.2 Å². The van der Waals surface area contributed by atoms with E-state index in [1.165, 1.54) is 0 Å². The van der Waals surface area contributed by atoms with E-state index in [0.717, 1.165) is 11.1 Å². The molecule has 0 bridgehead atoms. The van der Waals surface area contributed by atoms with Gasteiger partial charge >= 0.3 is 0 Å². The Bertz CT molecular complexity index is 857. The molecule has 3 rings (SSSR count). The Hall–Kier alpha value is -3.00. The van der Waals surface area contributed by atoms with E-state index in [9.17, 15) is 4.79 Å². The van der Waals surface area contributed by atoms with Crippen molar-refractivity contribution in [1.29, 1.82) is 0 Å². The van der Waals surface area contributed by atoms with E-state index < -0.39 is 12.1 Å². The van der Waals surface area contributed by atoms with Gasteiger partial charge in [0.15, 0.2) is 5.82 Å². The molecule has 0 saturated carbocycles. The van der Waals surface area contributed by atoms with E-state index in [2.05, 4.69) is 25.9 Å². The minimum atomic E-state index is -0.502. The summed E-state index contributed by atoms with van der Waals surface area (Å²) in [5.41, 5.74) is 1.89. The maximum atomic E-state index is 12.6. The predicted molar refractivity (Wildman–Crippen MR) is 95.1 cm³/mol. The number of hydrogen-bond donors (Lipinski definition) is 2. The second-order valence-corrected chi connectivity index (χ2v) is 6.11. The van der Waals surface area contributed by atoms with Crippen molar-refractivity contribution in [2.45, 2.75) is 25.4 Å². The van der Waals surface area contributed by atoms with E-state index in [1.54, 1.807) is 24.1 Å². The molecule has 1 amide bonds. The third kappa shape index (κ3) is 4.15. The molecule has 8 nitrogen and oxygen atoms in total. The third-order valence-corrected chi connectivity index (χ3v) is 4.03. The number of rotatable bonds is 7. The van der Waals surface area contributed by atoms with Crippen molar-refractivity contribution in [3.8, 4) is 0 Å². The van der Waals surface area contributed by atoms with Crippen LogP contribution in [-0.4, -0.2) is 32.9 Å². The summed E-state index contributed by atoms with van der Waals surface area (Å²) < 4.78 is 6.97. The Morgan fingerprint density at radius 2 is 2.08 bits per heavy atom. The highest BCUT2D eigenvalue weighted by Gasteiger charge is 2.24. The van der Waals surface area contributed by atoms with Crippen molar-refractivity contribution in [1.82, 2.24) is 30.6 Å². The van der Waals surface area contributed by atoms with Gasteiger partial charge in [0.05, 0.1) is 6.20 Å². The summed E-state index contributed by atoms with van der Waals surface area (Å²) >= 11 is 0. The van der Waals surface area contributed by atoms with Crippen molar-refractivity contribution in [3.05, 3.63) is 65.6 Å². The third-order valence-electron chi connectivity index (χ3n) is 4.03. The topological polar surface area (TPSA) is 97.9 Å². The van der Waals surface area contributed by atoms with E-state index in [4.69, 9.17) is 4.52 Å². The number of carbonyl (C=O) groups excluding carboxylic acids is 1. The molecule has 2 unspecified atom stereocenters. The number of benzene rings is 1. The van der Waals surface area contributed by atoms with Gasteiger partial charge in [0, 0.05) is 25.2 Å². The van der Waals surface area contributed by atoms with Crippen LogP contribution >= 0.6 is 0 Å². The van der Waals surface area contributed by atoms with Crippen molar-refractivity contribution >= 4 is 5.91 Å². The van der Waals surface area contributed by atoms with Crippen LogP contribution in [0.3, 0.4) is 0 Å². The zero-order valence-corrected chi connectivity index (χ0v) is 15.0. The van der Waals surface area contributed by atoms with Crippen LogP contribution in [0.25, 0.3) is 0 Å². The summed E-state index contributed by atoms with van der Waals surface area (Å²) in [5, 5.41) is 14.0. The maximum Gasteiger partial charge on any atom is 0.248 e. The van der Waals surface area contributed by atoms with Gasteiger partial charge in [-0.2, -0.15) is 10.1 Å². The summed E-state index contributed by atoms with van der Waals surface area (Å²) in [6, 6.07) is 9.01. The molecule has 8 heteroatoms. The zero-order chi connectivity index (χ0) is 18.5. The molecule has 0 spiro atoms. The maximum absolute atomic E-state index is 12.6. The quantitative estimate of drug-likeness (QED) is 0.668. The summed E-state index contributed by atoms with van der Waals surface area (Å²) in [7, 11) is 3.54. The fourth-order valence-corrected chi connectivity index (χ4v) is 2.69. The Kier molecular flexibility index (Phi) is 5.43. The minimum absolute atomic E-state index is 0.184. The fraction of sp³-hybridized carbons (Fsp3) is 0.333. The first-order valence-corrected chi connectivity index (χ1v) is 8.39. The molecule has 26 heavy (non-hydrogen) atoms. The predicted octanol–water partition coefficient (Wildman–Crippen LogP) is 1.53. The van der Waals surface area contributed by atoms with Crippen molar-refractivity contribution < 1.29 is 9.32 Å². The molecule has 2 heterocycles. The highest BCUT2D eigenvalue weighted by Crippen LogP contribution is 2.16. The minimum Gasteiger partial charge on any atom is -0.343 e. The Labute approximate surface area is 151 Å². The average Bonchev–Trinajstić information content (AvgIpc) is 3.26. The van der Waals surface area contributed by atoms with Gasteiger partial charge in [-0.3, -0.25) is 9.48 Å². The number of carbonyl (C=O) groups is 1. The highest BCUT2D eigenvalue weighted by molar-refractivity contribution is 5.83. The van der Waals surface area contributed by atoms with Gasteiger partial charge in [0.2, 0.25) is 11.8 Å². The number of likely N-dealkylation sites (N-methyl/N-ethyl adjacent to an activating group) is 1. The normalized spacial score (nSPS) is 13.3. The molecule has 0 radical (unpaired) electrons. The molecule has 2 aromatic heterocycles. The smallest absolute Gasteiger partial charge is 0.248 e. The molecule has 0 fully saturated rings. The van der Waals surface area contributed by atoms with Crippen molar-refractivity contribution in [3.63, 3.8) is 0 Å². The van der Waals surface area contributed by atoms with E-state index >= 15 is 0 Å². The average molecular weight is 354 g/mol. The fourth-order valence-electron chi connectivity index (χ4n) is 2.69. The first-order chi connectivity index (χ1) is 12.6. The SMILES string of the molecule is CNC(C(=O)NC(C)c1nc(Cc2ccccc2)no1)c1cnn(C)c1. The second-order valence-electron chi connectivity index (χ2n) is 6.11. The van der Waals surface area contributed by atoms with Gasteiger partial charge in [-0.15, -0.1) is 0 Å². The van der Waals surface area contributed by atoms with Crippen LogP contribution in [-0.2, 0) is 18.3 Å². The van der Waals surface area contributed by atoms with Crippen molar-refractivity contribution in [2.75, 3.05) is 7.05 Å². The largest absolute Gasteiger partial charge is 0.343 e. The van der Waals surface area contributed by atoms with Gasteiger partial charge in [0.25, 0.3) is 0 Å². The van der Waals surface area contributed by atoms with Crippen LogP contribution in [0.4, 0.5) is 0 Å². The molecule has 2 N–H and O–H groups in total. The van der Waals surface area contributed by atoms with Crippen LogP contribution < -0.4 is 10.6 Å². The van der Waals surface area contributed by atoms with Crippen LogP contribution in [0, 0.1) is 0 Å². The Morgan fingerprint density at radius 1 is 1.31 bits per heavy atom. The number of aromatic nitrogens is 4. The first kappa shape index (κ1) is 17.8. The Balaban J connectivity index is 1.64. The van der Waals surface area contributed by atoms with E-state index in [1.807, 2.05) is 44.3 Å². The van der Waals surface area contributed by atoms with Gasteiger partial charge < -0.3 is 15.2 Å². The second kappa shape index (κ2) is 7.92. The van der Waals surface area contributed by atoms with Crippen LogP contribution in [0.5, 0.6) is 0 Å². The van der Waals surface area contributed by atoms with Gasteiger partial charge in [-0.05, 0) is 19.5 Å². The van der Waals surface area contributed by atoms with Crippen LogP contribution in [0.1, 0.15) is 41.8 Å². The van der Waals surface area contributed by atoms with Gasteiger partial charge in [-0.1, -0.05) is 35.5 Å². The molecule has 0 aliphatic heterocycles. The monoisotopic (exact) mass is 354 g/mol. The molecule has 1 aromatic carbocycles. The highest BCUT2D eigenvalue weighted by atomic mass is 16.5. The van der Waals surface area contributed by atoms with Crippen molar-refractivity contribution in [2.24, 2.45) is 7.05 Å². The summed E-state index contributed by atoms with van der Waals surface area (Å²) in [6.07, 6.45) is 4.05. The van der Waals surface area contributed by atoms with E-state index in [-0.39, 0.29) is 5.91 Å². The lowest BCUT2D eigenvalue weighted by Crippen LogP contribution is -2.37.